The molecule has 2 heteroatoms. The molecule has 0 saturated carbocycles. The lowest BCUT2D eigenvalue weighted by Gasteiger charge is -2.20. The first-order valence-electron chi connectivity index (χ1n) is 5.37. The molecule has 13 heavy (non-hydrogen) atoms. The van der Waals surface area contributed by atoms with Crippen molar-refractivity contribution in [1.29, 1.82) is 0 Å². The number of nitrogens with zero attached hydrogens (tertiary/aromatic N) is 1. The molecule has 1 unspecified atom stereocenters. The van der Waals surface area contributed by atoms with Crippen molar-refractivity contribution in [2.45, 2.75) is 58.9 Å². The summed E-state index contributed by atoms with van der Waals surface area (Å²) in [5, 5.41) is 0. The first-order chi connectivity index (χ1) is 6.29. The van der Waals surface area contributed by atoms with Gasteiger partial charge < -0.3 is 0 Å². The summed E-state index contributed by atoms with van der Waals surface area (Å²) in [5.74, 6) is 0.575. The van der Waals surface area contributed by atoms with Crippen molar-refractivity contribution in [3.8, 4) is 0 Å². The number of hydrogen-bond donors (Lipinski definition) is 0. The molecule has 0 bridgehead atoms. The van der Waals surface area contributed by atoms with E-state index in [0.29, 0.717) is 5.92 Å². The van der Waals surface area contributed by atoms with E-state index in [2.05, 4.69) is 25.8 Å². The van der Waals surface area contributed by atoms with Crippen molar-refractivity contribution >= 4 is 6.08 Å². The van der Waals surface area contributed by atoms with Gasteiger partial charge in [0.25, 0.3) is 0 Å². The van der Waals surface area contributed by atoms with E-state index in [9.17, 15) is 4.79 Å². The Morgan fingerprint density at radius 2 is 1.77 bits per heavy atom. The van der Waals surface area contributed by atoms with E-state index in [1.165, 1.54) is 12.8 Å². The molecule has 0 aliphatic carbocycles. The van der Waals surface area contributed by atoms with Gasteiger partial charge in [-0.2, -0.15) is 0 Å². The first kappa shape index (κ1) is 12.4. The second-order valence-electron chi connectivity index (χ2n) is 3.53. The van der Waals surface area contributed by atoms with E-state index < -0.39 is 0 Å². The Hall–Kier alpha value is -0.620. The maximum absolute atomic E-state index is 10.2. The molecule has 0 saturated heterocycles. The number of isocyanates is 1. The molecule has 0 amide bonds. The number of aliphatic imine (C=N–C) groups is 1. The monoisotopic (exact) mass is 183 g/mol. The fourth-order valence-corrected chi connectivity index (χ4v) is 1.81. The zero-order chi connectivity index (χ0) is 10.1. The van der Waals surface area contributed by atoms with Crippen LogP contribution in [0, 0.1) is 5.92 Å². The Morgan fingerprint density at radius 1 is 1.15 bits per heavy atom. The third-order valence-corrected chi connectivity index (χ3v) is 2.53. The third kappa shape index (κ3) is 4.84. The molecule has 0 N–H and O–H groups in total. The van der Waals surface area contributed by atoms with Crippen LogP contribution < -0.4 is 0 Å². The highest BCUT2D eigenvalue weighted by Gasteiger charge is 2.17. The molecule has 2 nitrogen and oxygen atoms in total. The van der Waals surface area contributed by atoms with E-state index in [1.54, 1.807) is 6.08 Å². The maximum Gasteiger partial charge on any atom is 0.235 e. The fraction of sp³-hybridized carbons (Fsp3) is 0.909. The van der Waals surface area contributed by atoms with Crippen molar-refractivity contribution in [3.05, 3.63) is 0 Å². The summed E-state index contributed by atoms with van der Waals surface area (Å²) in [6, 6.07) is 0.215. The van der Waals surface area contributed by atoms with Gasteiger partial charge in [-0.15, -0.1) is 0 Å². The zero-order valence-electron chi connectivity index (χ0n) is 9.05. The molecule has 0 spiro atoms. The summed E-state index contributed by atoms with van der Waals surface area (Å²) in [6.07, 6.45) is 7.28. The largest absolute Gasteiger partial charge is 0.235 e. The van der Waals surface area contributed by atoms with Crippen LogP contribution in [0.1, 0.15) is 52.9 Å². The second kappa shape index (κ2) is 8.00. The van der Waals surface area contributed by atoms with Gasteiger partial charge in [-0.05, 0) is 18.8 Å². The number of hydrogen-bond acceptors (Lipinski definition) is 2. The summed E-state index contributed by atoms with van der Waals surface area (Å²) in [5.41, 5.74) is 0. The summed E-state index contributed by atoms with van der Waals surface area (Å²) in [6.45, 7) is 6.48. The average molecular weight is 183 g/mol. The zero-order valence-corrected chi connectivity index (χ0v) is 9.05. The fourth-order valence-electron chi connectivity index (χ4n) is 1.81. The predicted octanol–water partition coefficient (Wildman–Crippen LogP) is 3.32. The average Bonchev–Trinajstić information content (AvgIpc) is 2.14. The Bertz CT molecular complexity index is 161. The van der Waals surface area contributed by atoms with Crippen molar-refractivity contribution < 1.29 is 4.79 Å². The van der Waals surface area contributed by atoms with E-state index >= 15 is 0 Å². The van der Waals surface area contributed by atoms with Crippen LogP contribution in [0.5, 0.6) is 0 Å². The van der Waals surface area contributed by atoms with Crippen LogP contribution in [0.2, 0.25) is 0 Å². The van der Waals surface area contributed by atoms with Gasteiger partial charge in [0.15, 0.2) is 0 Å². The molecule has 0 aromatic heterocycles. The van der Waals surface area contributed by atoms with Gasteiger partial charge in [-0.1, -0.05) is 40.0 Å². The molecule has 0 aromatic rings. The second-order valence-corrected chi connectivity index (χ2v) is 3.53. The highest BCUT2D eigenvalue weighted by atomic mass is 16.1. The molecule has 0 fully saturated rings. The van der Waals surface area contributed by atoms with E-state index in [0.717, 1.165) is 19.3 Å². The minimum absolute atomic E-state index is 0.215. The summed E-state index contributed by atoms with van der Waals surface area (Å²) >= 11 is 0. The van der Waals surface area contributed by atoms with Crippen LogP contribution in [0.4, 0.5) is 0 Å². The van der Waals surface area contributed by atoms with Crippen LogP contribution in [0.3, 0.4) is 0 Å². The Kier molecular flexibility index (Phi) is 7.62. The molecule has 2 atom stereocenters. The summed E-state index contributed by atoms with van der Waals surface area (Å²) < 4.78 is 0. The van der Waals surface area contributed by atoms with Gasteiger partial charge in [0.2, 0.25) is 6.08 Å². The summed E-state index contributed by atoms with van der Waals surface area (Å²) in [4.78, 5) is 14.1. The number of rotatable bonds is 7. The van der Waals surface area contributed by atoms with Gasteiger partial charge in [0.1, 0.15) is 0 Å². The van der Waals surface area contributed by atoms with Gasteiger partial charge in [-0.3, -0.25) is 0 Å². The molecule has 0 aliphatic heterocycles. The molecule has 0 rings (SSSR count). The lowest BCUT2D eigenvalue weighted by molar-refractivity contribution is 0.360. The van der Waals surface area contributed by atoms with Gasteiger partial charge in [-0.25, -0.2) is 9.79 Å². The molecular formula is C11H21NO. The van der Waals surface area contributed by atoms with E-state index in [1.807, 2.05) is 0 Å². The molecular weight excluding hydrogens is 162 g/mol. The Balaban J connectivity index is 4.19. The van der Waals surface area contributed by atoms with Crippen molar-refractivity contribution in [1.82, 2.24) is 0 Å². The minimum atomic E-state index is 0.215. The highest BCUT2D eigenvalue weighted by molar-refractivity contribution is 5.33. The topological polar surface area (TPSA) is 29.4 Å². The predicted molar refractivity (Wildman–Crippen MR) is 55.5 cm³/mol. The third-order valence-electron chi connectivity index (χ3n) is 2.53. The lowest BCUT2D eigenvalue weighted by atomic mass is 9.90. The highest BCUT2D eigenvalue weighted by Crippen LogP contribution is 2.21. The minimum Gasteiger partial charge on any atom is -0.211 e. The number of carbonyl (C=O) groups excluding carboxylic acids is 1. The molecule has 0 aromatic carbocycles. The Morgan fingerprint density at radius 3 is 2.15 bits per heavy atom. The van der Waals surface area contributed by atoms with Gasteiger partial charge in [0, 0.05) is 0 Å². The van der Waals surface area contributed by atoms with Crippen LogP contribution in [-0.2, 0) is 4.79 Å². The maximum atomic E-state index is 10.2. The molecule has 0 aliphatic rings. The standard InChI is InChI=1S/C11H21NO/c1-4-7-10(6-3)11(8-5-2)12-9-13/h10-11H,4-8H2,1-3H3/t10?,11-/m1/s1. The van der Waals surface area contributed by atoms with E-state index in [-0.39, 0.29) is 6.04 Å². The van der Waals surface area contributed by atoms with Crippen LogP contribution in [-0.4, -0.2) is 12.1 Å². The normalized spacial score (nSPS) is 14.7. The quantitative estimate of drug-likeness (QED) is 0.440. The Labute approximate surface area is 81.4 Å². The van der Waals surface area contributed by atoms with Gasteiger partial charge in [0.05, 0.1) is 6.04 Å². The van der Waals surface area contributed by atoms with Crippen molar-refractivity contribution in [3.63, 3.8) is 0 Å². The summed E-state index contributed by atoms with van der Waals surface area (Å²) in [7, 11) is 0. The molecule has 0 radical (unpaired) electrons. The first-order valence-corrected chi connectivity index (χ1v) is 5.37. The van der Waals surface area contributed by atoms with Crippen molar-refractivity contribution in [2.75, 3.05) is 0 Å². The SMILES string of the molecule is CCCC(CC)[C@@H](CCC)N=C=O. The smallest absolute Gasteiger partial charge is 0.211 e. The van der Waals surface area contributed by atoms with Crippen LogP contribution >= 0.6 is 0 Å². The van der Waals surface area contributed by atoms with Gasteiger partial charge >= 0.3 is 0 Å². The van der Waals surface area contributed by atoms with Crippen LogP contribution in [0.15, 0.2) is 4.99 Å². The molecule has 76 valence electrons. The van der Waals surface area contributed by atoms with Crippen molar-refractivity contribution in [2.24, 2.45) is 10.9 Å². The molecule has 0 heterocycles. The van der Waals surface area contributed by atoms with E-state index in [4.69, 9.17) is 0 Å². The van der Waals surface area contributed by atoms with Crippen LogP contribution in [0.25, 0.3) is 0 Å². The lowest BCUT2D eigenvalue weighted by Crippen LogP contribution is -2.17.